The number of anilines is 1. The second-order valence-electron chi connectivity index (χ2n) is 5.61. The van der Waals surface area contributed by atoms with E-state index in [1.54, 1.807) is 6.07 Å². The molecule has 0 fully saturated rings. The maximum atomic E-state index is 12.6. The molecule has 0 heterocycles. The third kappa shape index (κ3) is 4.19. The first-order valence-electron chi connectivity index (χ1n) is 7.33. The zero-order valence-electron chi connectivity index (χ0n) is 13.4. The highest BCUT2D eigenvalue weighted by Crippen LogP contribution is 2.29. The van der Waals surface area contributed by atoms with E-state index in [1.165, 1.54) is 12.1 Å². The lowest BCUT2D eigenvalue weighted by Crippen LogP contribution is -2.13. The van der Waals surface area contributed by atoms with Crippen molar-refractivity contribution >= 4 is 17.0 Å². The third-order valence-corrected chi connectivity index (χ3v) is 3.66. The summed E-state index contributed by atoms with van der Waals surface area (Å²) in [6.45, 7) is 10.1. The first-order valence-corrected chi connectivity index (χ1v) is 7.33. The number of halogens is 3. The number of nitrogen functional groups attached to an aromatic ring is 1. The number of benzene rings is 2. The summed E-state index contributed by atoms with van der Waals surface area (Å²) in [5.41, 5.74) is 9.83. The number of nitrogens with one attached hydrogen (secondary N) is 1. The molecule has 126 valence electrons. The van der Waals surface area contributed by atoms with Gasteiger partial charge in [0.1, 0.15) is 0 Å². The maximum absolute atomic E-state index is 12.6. The topological polar surface area (TPSA) is 38.0 Å². The highest BCUT2D eigenvalue weighted by atomic mass is 19.4. The number of hydrogen-bond donors (Lipinski definition) is 2. The molecule has 0 aromatic heterocycles. The Morgan fingerprint density at radius 2 is 1.71 bits per heavy atom. The van der Waals surface area contributed by atoms with Gasteiger partial charge in [0, 0.05) is 23.5 Å². The van der Waals surface area contributed by atoms with Crippen LogP contribution < -0.4 is 11.1 Å². The van der Waals surface area contributed by atoms with Crippen LogP contribution in [-0.2, 0) is 12.7 Å². The van der Waals surface area contributed by atoms with Crippen molar-refractivity contribution in [2.24, 2.45) is 0 Å². The Morgan fingerprint density at radius 1 is 1.08 bits per heavy atom. The van der Waals surface area contributed by atoms with E-state index in [2.05, 4.69) is 18.5 Å². The molecule has 2 nitrogen and oxygen atoms in total. The third-order valence-electron chi connectivity index (χ3n) is 3.66. The first kappa shape index (κ1) is 17.7. The SMILES string of the molecule is C=C(C)c1ccc(N)c(C(=C)NCc2ccc(C(F)(F)F)cc2)c1. The second-order valence-corrected chi connectivity index (χ2v) is 5.61. The number of alkyl halides is 3. The molecule has 0 aliphatic rings. The van der Waals surface area contributed by atoms with Crippen molar-refractivity contribution in [1.29, 1.82) is 0 Å². The molecule has 0 aliphatic heterocycles. The van der Waals surface area contributed by atoms with Gasteiger partial charge in [-0.3, -0.25) is 0 Å². The van der Waals surface area contributed by atoms with E-state index in [0.717, 1.165) is 34.4 Å². The van der Waals surface area contributed by atoms with Crippen LogP contribution in [0.1, 0.15) is 29.2 Å². The summed E-state index contributed by atoms with van der Waals surface area (Å²) in [6, 6.07) is 10.6. The van der Waals surface area contributed by atoms with Crippen LogP contribution in [0.5, 0.6) is 0 Å². The molecule has 0 saturated heterocycles. The van der Waals surface area contributed by atoms with Crippen molar-refractivity contribution < 1.29 is 13.2 Å². The van der Waals surface area contributed by atoms with Gasteiger partial charge in [0.25, 0.3) is 0 Å². The zero-order valence-corrected chi connectivity index (χ0v) is 13.4. The van der Waals surface area contributed by atoms with Gasteiger partial charge in [-0.25, -0.2) is 0 Å². The molecule has 0 bridgehead atoms. The van der Waals surface area contributed by atoms with Gasteiger partial charge >= 0.3 is 6.18 Å². The molecule has 0 spiro atoms. The zero-order chi connectivity index (χ0) is 17.9. The normalized spacial score (nSPS) is 11.2. The molecular formula is C19H19F3N2. The van der Waals surface area contributed by atoms with E-state index in [0.29, 0.717) is 17.9 Å². The number of rotatable bonds is 5. The van der Waals surface area contributed by atoms with Crippen LogP contribution >= 0.6 is 0 Å². The summed E-state index contributed by atoms with van der Waals surface area (Å²) >= 11 is 0. The average molecular weight is 332 g/mol. The highest BCUT2D eigenvalue weighted by Gasteiger charge is 2.29. The van der Waals surface area contributed by atoms with Gasteiger partial charge in [-0.15, -0.1) is 0 Å². The maximum Gasteiger partial charge on any atom is 0.416 e. The Bertz CT molecular complexity index is 759. The molecule has 5 heteroatoms. The molecule has 0 atom stereocenters. The smallest absolute Gasteiger partial charge is 0.398 e. The molecule has 0 unspecified atom stereocenters. The minimum atomic E-state index is -4.33. The van der Waals surface area contributed by atoms with E-state index in [1.807, 2.05) is 19.1 Å². The van der Waals surface area contributed by atoms with Crippen LogP contribution in [0.15, 0.2) is 55.6 Å². The molecule has 3 N–H and O–H groups in total. The van der Waals surface area contributed by atoms with Gasteiger partial charge in [-0.05, 0) is 42.3 Å². The van der Waals surface area contributed by atoms with Crippen LogP contribution in [0.4, 0.5) is 18.9 Å². The van der Waals surface area contributed by atoms with Crippen LogP contribution in [0, 0.1) is 0 Å². The molecule has 0 amide bonds. The minimum Gasteiger partial charge on any atom is -0.398 e. The van der Waals surface area contributed by atoms with Gasteiger partial charge in [0.2, 0.25) is 0 Å². The average Bonchev–Trinajstić information content (AvgIpc) is 2.52. The lowest BCUT2D eigenvalue weighted by Gasteiger charge is -2.14. The largest absolute Gasteiger partial charge is 0.416 e. The predicted molar refractivity (Wildman–Crippen MR) is 92.9 cm³/mol. The van der Waals surface area contributed by atoms with Crippen molar-refractivity contribution in [1.82, 2.24) is 5.32 Å². The quantitative estimate of drug-likeness (QED) is 0.749. The van der Waals surface area contributed by atoms with Gasteiger partial charge in [-0.2, -0.15) is 13.2 Å². The Morgan fingerprint density at radius 3 is 2.25 bits per heavy atom. The fourth-order valence-electron chi connectivity index (χ4n) is 2.20. The van der Waals surface area contributed by atoms with E-state index in [-0.39, 0.29) is 0 Å². The lowest BCUT2D eigenvalue weighted by atomic mass is 10.0. The summed E-state index contributed by atoms with van der Waals surface area (Å²) < 4.78 is 37.7. The van der Waals surface area contributed by atoms with Crippen molar-refractivity contribution in [2.45, 2.75) is 19.6 Å². The van der Waals surface area contributed by atoms with E-state index >= 15 is 0 Å². The van der Waals surface area contributed by atoms with E-state index in [9.17, 15) is 13.2 Å². The lowest BCUT2D eigenvalue weighted by molar-refractivity contribution is -0.137. The van der Waals surface area contributed by atoms with Crippen molar-refractivity contribution in [3.63, 3.8) is 0 Å². The highest BCUT2D eigenvalue weighted by molar-refractivity contribution is 5.76. The number of hydrogen-bond acceptors (Lipinski definition) is 2. The van der Waals surface area contributed by atoms with Gasteiger partial charge in [0.05, 0.1) is 5.56 Å². The molecule has 24 heavy (non-hydrogen) atoms. The standard InChI is InChI=1S/C19H19F3N2/c1-12(2)15-6-9-18(23)17(10-15)13(3)24-11-14-4-7-16(8-5-14)19(20,21)22/h4-10,24H,1,3,11,23H2,2H3. The number of allylic oxidation sites excluding steroid dienone is 1. The Kier molecular flexibility index (Phi) is 5.02. The van der Waals surface area contributed by atoms with E-state index in [4.69, 9.17) is 5.73 Å². The molecule has 2 rings (SSSR count). The van der Waals surface area contributed by atoms with Crippen LogP contribution in [-0.4, -0.2) is 0 Å². The summed E-state index contributed by atoms with van der Waals surface area (Å²) in [5.74, 6) is 0. The van der Waals surface area contributed by atoms with E-state index < -0.39 is 11.7 Å². The summed E-state index contributed by atoms with van der Waals surface area (Å²) in [6.07, 6.45) is -4.33. The van der Waals surface area contributed by atoms with Crippen molar-refractivity contribution in [3.8, 4) is 0 Å². The van der Waals surface area contributed by atoms with Gasteiger partial charge < -0.3 is 11.1 Å². The number of nitrogens with two attached hydrogens (primary N) is 1. The van der Waals surface area contributed by atoms with Crippen molar-refractivity contribution in [3.05, 3.63) is 77.9 Å². The minimum absolute atomic E-state index is 0.355. The van der Waals surface area contributed by atoms with Crippen molar-refractivity contribution in [2.75, 3.05) is 5.73 Å². The van der Waals surface area contributed by atoms with Gasteiger partial charge in [-0.1, -0.05) is 36.9 Å². The first-order chi connectivity index (χ1) is 11.2. The van der Waals surface area contributed by atoms with Crippen LogP contribution in [0.3, 0.4) is 0 Å². The molecular weight excluding hydrogens is 313 g/mol. The summed E-state index contributed by atoms with van der Waals surface area (Å²) in [4.78, 5) is 0. The fraction of sp³-hybridized carbons (Fsp3) is 0.158. The molecule has 2 aromatic carbocycles. The Labute approximate surface area is 139 Å². The Hall–Kier alpha value is -2.69. The van der Waals surface area contributed by atoms with Crippen LogP contribution in [0.25, 0.3) is 11.3 Å². The van der Waals surface area contributed by atoms with Crippen LogP contribution in [0.2, 0.25) is 0 Å². The molecule has 2 aromatic rings. The monoisotopic (exact) mass is 332 g/mol. The molecule has 0 saturated carbocycles. The molecule has 0 aliphatic carbocycles. The fourth-order valence-corrected chi connectivity index (χ4v) is 2.20. The molecule has 0 radical (unpaired) electrons. The summed E-state index contributed by atoms with van der Waals surface area (Å²) in [7, 11) is 0. The predicted octanol–water partition coefficient (Wildman–Crippen LogP) is 5.08. The van der Waals surface area contributed by atoms with Gasteiger partial charge in [0.15, 0.2) is 0 Å². The second kappa shape index (κ2) is 6.83. The Balaban J connectivity index is 2.08. The summed E-state index contributed by atoms with van der Waals surface area (Å²) in [5, 5.41) is 3.10.